The molecule has 2 aromatic carbocycles. The molecule has 0 amide bonds. The van der Waals surface area contributed by atoms with Gasteiger partial charge in [-0.05, 0) is 41.2 Å². The Morgan fingerprint density at radius 3 is 2.29 bits per heavy atom. The Morgan fingerprint density at radius 2 is 1.62 bits per heavy atom. The van der Waals surface area contributed by atoms with Crippen LogP contribution < -0.4 is 4.74 Å². The molecule has 2 aromatic rings. The van der Waals surface area contributed by atoms with E-state index in [2.05, 4.69) is 57.2 Å². The molecule has 2 atom stereocenters. The van der Waals surface area contributed by atoms with Crippen LogP contribution in [0.2, 0.25) is 0 Å². The molecule has 110 valence electrons. The minimum Gasteiger partial charge on any atom is -0.490 e. The number of ether oxygens (including phenoxy) is 1. The first-order valence-electron chi connectivity index (χ1n) is 7.58. The van der Waals surface area contributed by atoms with Gasteiger partial charge < -0.3 is 4.74 Å². The van der Waals surface area contributed by atoms with Crippen molar-refractivity contribution in [2.75, 3.05) is 0 Å². The van der Waals surface area contributed by atoms with E-state index >= 15 is 0 Å². The van der Waals surface area contributed by atoms with Gasteiger partial charge in [-0.25, -0.2) is 0 Å². The van der Waals surface area contributed by atoms with Crippen molar-refractivity contribution in [2.24, 2.45) is 0 Å². The van der Waals surface area contributed by atoms with E-state index in [1.54, 1.807) is 0 Å². The third kappa shape index (κ3) is 2.94. The van der Waals surface area contributed by atoms with Gasteiger partial charge in [0, 0.05) is 6.42 Å². The number of halogens is 1. The molecule has 0 fully saturated rings. The largest absolute Gasteiger partial charge is 0.490 e. The number of hydrogen-bond donors (Lipinski definition) is 0. The van der Waals surface area contributed by atoms with E-state index in [1.807, 2.05) is 6.07 Å². The zero-order valence-corrected chi connectivity index (χ0v) is 13.5. The van der Waals surface area contributed by atoms with Crippen LogP contribution in [0.15, 0.2) is 42.5 Å². The molecule has 1 aliphatic rings. The van der Waals surface area contributed by atoms with Crippen molar-refractivity contribution in [3.8, 4) is 5.75 Å². The second-order valence-corrected chi connectivity index (χ2v) is 6.62. The topological polar surface area (TPSA) is 9.23 Å². The average Bonchev–Trinajstić information content (AvgIpc) is 2.85. The molecule has 1 aliphatic heterocycles. The van der Waals surface area contributed by atoms with Crippen molar-refractivity contribution in [3.63, 3.8) is 0 Å². The lowest BCUT2D eigenvalue weighted by Crippen LogP contribution is -2.05. The molecule has 2 unspecified atom stereocenters. The molecule has 3 rings (SSSR count). The van der Waals surface area contributed by atoms with Crippen LogP contribution >= 0.6 is 11.6 Å². The van der Waals surface area contributed by atoms with Crippen LogP contribution in [0.5, 0.6) is 5.75 Å². The van der Waals surface area contributed by atoms with Crippen LogP contribution in [0.4, 0.5) is 0 Å². The van der Waals surface area contributed by atoms with E-state index in [0.717, 1.165) is 23.3 Å². The molecule has 0 saturated carbocycles. The molecule has 21 heavy (non-hydrogen) atoms. The number of alkyl halides is 1. The summed E-state index contributed by atoms with van der Waals surface area (Å²) in [5.41, 5.74) is 4.90. The zero-order chi connectivity index (χ0) is 15.0. The third-order valence-corrected chi connectivity index (χ3v) is 4.61. The van der Waals surface area contributed by atoms with Crippen LogP contribution in [-0.2, 0) is 6.42 Å². The minimum atomic E-state index is -0.104. The van der Waals surface area contributed by atoms with Crippen LogP contribution in [-0.4, -0.2) is 6.10 Å². The highest BCUT2D eigenvalue weighted by molar-refractivity contribution is 6.22. The van der Waals surface area contributed by atoms with Gasteiger partial charge in [0.1, 0.15) is 11.9 Å². The highest BCUT2D eigenvalue weighted by Crippen LogP contribution is 2.35. The first-order chi connectivity index (χ1) is 10.0. The second kappa shape index (κ2) is 5.73. The van der Waals surface area contributed by atoms with Gasteiger partial charge in [-0.2, -0.15) is 0 Å². The summed E-state index contributed by atoms with van der Waals surface area (Å²) in [7, 11) is 0. The van der Waals surface area contributed by atoms with Gasteiger partial charge in [-0.15, -0.1) is 11.6 Å². The van der Waals surface area contributed by atoms with E-state index in [-0.39, 0.29) is 11.5 Å². The molecule has 0 bridgehead atoms. The molecule has 1 nitrogen and oxygen atoms in total. The number of benzene rings is 2. The summed E-state index contributed by atoms with van der Waals surface area (Å²) in [4.78, 5) is 0. The summed E-state index contributed by atoms with van der Waals surface area (Å²) in [5, 5.41) is -0.104. The van der Waals surface area contributed by atoms with Gasteiger partial charge in [-0.1, -0.05) is 50.2 Å². The molecule has 0 saturated heterocycles. The van der Waals surface area contributed by atoms with Gasteiger partial charge in [0.15, 0.2) is 0 Å². The Kier molecular flexibility index (Phi) is 3.95. The molecule has 1 heterocycles. The average molecular weight is 301 g/mol. The molecule has 0 aliphatic carbocycles. The third-order valence-electron chi connectivity index (χ3n) is 4.11. The maximum Gasteiger partial charge on any atom is 0.123 e. The van der Waals surface area contributed by atoms with E-state index < -0.39 is 0 Å². The number of hydrogen-bond acceptors (Lipinski definition) is 1. The van der Waals surface area contributed by atoms with Crippen LogP contribution in [0, 0.1) is 0 Å². The maximum atomic E-state index is 6.66. The Hall–Kier alpha value is -1.47. The van der Waals surface area contributed by atoms with Gasteiger partial charge in [-0.3, -0.25) is 0 Å². The Morgan fingerprint density at radius 1 is 1.00 bits per heavy atom. The zero-order valence-electron chi connectivity index (χ0n) is 12.8. The summed E-state index contributed by atoms with van der Waals surface area (Å²) in [6, 6.07) is 14.9. The van der Waals surface area contributed by atoms with Crippen molar-refractivity contribution in [1.29, 1.82) is 0 Å². The maximum absolute atomic E-state index is 6.66. The summed E-state index contributed by atoms with van der Waals surface area (Å²) < 4.78 is 5.75. The fourth-order valence-electron chi connectivity index (χ4n) is 2.84. The summed E-state index contributed by atoms with van der Waals surface area (Å²) in [5.74, 6) is 1.55. The van der Waals surface area contributed by atoms with E-state index in [4.69, 9.17) is 16.3 Å². The predicted octanol–water partition coefficient (Wildman–Crippen LogP) is 5.46. The summed E-state index contributed by atoms with van der Waals surface area (Å²) in [6.07, 6.45) is 1.24. The first-order valence-corrected chi connectivity index (χ1v) is 8.01. The molecular formula is C19H21ClO. The van der Waals surface area contributed by atoms with Gasteiger partial charge in [0.25, 0.3) is 0 Å². The fourth-order valence-corrected chi connectivity index (χ4v) is 3.12. The Bertz CT molecular complexity index is 631. The van der Waals surface area contributed by atoms with E-state index in [9.17, 15) is 0 Å². The highest BCUT2D eigenvalue weighted by atomic mass is 35.5. The highest BCUT2D eigenvalue weighted by Gasteiger charge is 2.21. The standard InChI is InChI=1S/C19H21ClO/c1-12(2)14-4-6-15(7-5-14)19(20)16-8-9-18-17(11-16)10-13(3)21-18/h4-9,11-13,19H,10H2,1-3H3. The lowest BCUT2D eigenvalue weighted by Gasteiger charge is -2.13. The molecule has 0 radical (unpaired) electrons. The smallest absolute Gasteiger partial charge is 0.123 e. The molecule has 0 aromatic heterocycles. The first kappa shape index (κ1) is 14.5. The van der Waals surface area contributed by atoms with Gasteiger partial charge in [0.2, 0.25) is 0 Å². The lowest BCUT2D eigenvalue weighted by atomic mass is 9.97. The van der Waals surface area contributed by atoms with Gasteiger partial charge >= 0.3 is 0 Å². The Labute approximate surface area is 131 Å². The van der Waals surface area contributed by atoms with Crippen LogP contribution in [0.3, 0.4) is 0 Å². The normalized spacial score (nSPS) is 18.4. The summed E-state index contributed by atoms with van der Waals surface area (Å²) in [6.45, 7) is 6.51. The minimum absolute atomic E-state index is 0.104. The molecule has 0 N–H and O–H groups in total. The SMILES string of the molecule is CC1Cc2cc(C(Cl)c3ccc(C(C)C)cc3)ccc2O1. The summed E-state index contributed by atoms with van der Waals surface area (Å²) >= 11 is 6.66. The second-order valence-electron chi connectivity index (χ2n) is 6.18. The van der Waals surface area contributed by atoms with Gasteiger partial charge in [0.05, 0.1) is 5.38 Å². The monoisotopic (exact) mass is 300 g/mol. The lowest BCUT2D eigenvalue weighted by molar-refractivity contribution is 0.254. The van der Waals surface area contributed by atoms with Crippen molar-refractivity contribution in [3.05, 3.63) is 64.7 Å². The number of rotatable bonds is 3. The number of fused-ring (bicyclic) bond motifs is 1. The van der Waals surface area contributed by atoms with Crippen LogP contribution in [0.25, 0.3) is 0 Å². The van der Waals surface area contributed by atoms with Crippen molar-refractivity contribution in [2.45, 2.75) is 44.6 Å². The Balaban J connectivity index is 1.85. The van der Waals surface area contributed by atoms with Crippen molar-refractivity contribution < 1.29 is 4.74 Å². The van der Waals surface area contributed by atoms with Crippen LogP contribution in [0.1, 0.15) is 54.3 Å². The van der Waals surface area contributed by atoms with Crippen molar-refractivity contribution >= 4 is 11.6 Å². The van der Waals surface area contributed by atoms with Crippen molar-refractivity contribution in [1.82, 2.24) is 0 Å². The van der Waals surface area contributed by atoms with E-state index in [1.165, 1.54) is 11.1 Å². The molecule has 0 spiro atoms. The quantitative estimate of drug-likeness (QED) is 0.684. The van der Waals surface area contributed by atoms with E-state index in [0.29, 0.717) is 5.92 Å². The molecule has 2 heteroatoms. The molecular weight excluding hydrogens is 280 g/mol. The fraction of sp³-hybridized carbons (Fsp3) is 0.368. The predicted molar refractivity (Wildman–Crippen MR) is 88.5 cm³/mol.